The molecule has 0 unspecified atom stereocenters. The van der Waals surface area contributed by atoms with Gasteiger partial charge in [0.15, 0.2) is 5.75 Å². The minimum Gasteiger partial charge on any atom is -0.378 e. The zero-order valence-electron chi connectivity index (χ0n) is 17.8. The third kappa shape index (κ3) is 5.22. The summed E-state index contributed by atoms with van der Waals surface area (Å²) in [6.07, 6.45) is 1.34. The quantitative estimate of drug-likeness (QED) is 0.195. The Balaban J connectivity index is 1.67. The molecule has 4 rings (SSSR count). The van der Waals surface area contributed by atoms with E-state index in [1.165, 1.54) is 30.5 Å². The van der Waals surface area contributed by atoms with Gasteiger partial charge in [0.2, 0.25) is 0 Å². The number of halogens is 2. The number of nitrogens with zero attached hydrogens (tertiary/aromatic N) is 1. The lowest BCUT2D eigenvalue weighted by atomic mass is 10.0. The van der Waals surface area contributed by atoms with Crippen molar-refractivity contribution in [2.45, 2.75) is 11.8 Å². The van der Waals surface area contributed by atoms with Crippen LogP contribution in [-0.4, -0.2) is 20.5 Å². The standard InChI is InChI=1S/C25H18Cl2N2O4S/c1-16-6-10-19(11-7-16)34(31,32)33-24-13-8-17-4-2-3-5-20(17)22(24)15-28-29-25(30)21-12-9-18(26)14-23(21)27/h2-15H,1H3,(H,29,30)/b28-15-. The first-order chi connectivity index (χ1) is 16.2. The van der Waals surface area contributed by atoms with Crippen LogP contribution in [0.2, 0.25) is 10.0 Å². The average Bonchev–Trinajstić information content (AvgIpc) is 2.80. The highest BCUT2D eigenvalue weighted by atomic mass is 35.5. The van der Waals surface area contributed by atoms with Crippen molar-refractivity contribution in [2.75, 3.05) is 0 Å². The Hall–Kier alpha value is -3.39. The van der Waals surface area contributed by atoms with Crippen LogP contribution in [0.1, 0.15) is 21.5 Å². The number of hydrogen-bond acceptors (Lipinski definition) is 5. The van der Waals surface area contributed by atoms with Crippen molar-refractivity contribution in [3.05, 3.63) is 106 Å². The van der Waals surface area contributed by atoms with Crippen LogP contribution in [0.25, 0.3) is 10.8 Å². The van der Waals surface area contributed by atoms with Gasteiger partial charge in [-0.15, -0.1) is 0 Å². The molecule has 0 spiro atoms. The van der Waals surface area contributed by atoms with E-state index in [4.69, 9.17) is 27.4 Å². The first kappa shape index (κ1) is 23.8. The molecule has 1 N–H and O–H groups in total. The molecule has 0 aliphatic carbocycles. The third-order valence-electron chi connectivity index (χ3n) is 4.98. The van der Waals surface area contributed by atoms with Crippen molar-refractivity contribution < 1.29 is 17.4 Å². The molecule has 0 heterocycles. The lowest BCUT2D eigenvalue weighted by molar-refractivity contribution is 0.0955. The first-order valence-corrected chi connectivity index (χ1v) is 12.2. The largest absolute Gasteiger partial charge is 0.378 e. The summed E-state index contributed by atoms with van der Waals surface area (Å²) < 4.78 is 31.2. The molecule has 0 bridgehead atoms. The second kappa shape index (κ2) is 9.85. The maximum atomic E-state index is 12.9. The number of aryl methyl sites for hydroxylation is 1. The summed E-state index contributed by atoms with van der Waals surface area (Å²) in [4.78, 5) is 12.5. The zero-order valence-corrected chi connectivity index (χ0v) is 20.2. The van der Waals surface area contributed by atoms with Gasteiger partial charge in [0.05, 0.1) is 16.8 Å². The van der Waals surface area contributed by atoms with Crippen molar-refractivity contribution in [1.29, 1.82) is 0 Å². The summed E-state index contributed by atoms with van der Waals surface area (Å²) in [7, 11) is -4.09. The molecule has 0 saturated carbocycles. The normalized spacial score (nSPS) is 11.6. The van der Waals surface area contributed by atoms with Crippen molar-refractivity contribution in [3.8, 4) is 5.75 Å². The van der Waals surface area contributed by atoms with Crippen LogP contribution in [0.15, 0.2) is 88.9 Å². The fraction of sp³-hybridized carbons (Fsp3) is 0.0400. The lowest BCUT2D eigenvalue weighted by Gasteiger charge is -2.12. The van der Waals surface area contributed by atoms with Gasteiger partial charge in [-0.25, -0.2) is 5.43 Å². The Morgan fingerprint density at radius 2 is 1.71 bits per heavy atom. The summed E-state index contributed by atoms with van der Waals surface area (Å²) >= 11 is 12.0. The van der Waals surface area contributed by atoms with Crippen LogP contribution < -0.4 is 9.61 Å². The number of carbonyl (C=O) groups is 1. The summed E-state index contributed by atoms with van der Waals surface area (Å²) in [5.74, 6) is -0.477. The topological polar surface area (TPSA) is 84.8 Å². The molecule has 34 heavy (non-hydrogen) atoms. The number of fused-ring (bicyclic) bond motifs is 1. The third-order valence-corrected chi connectivity index (χ3v) is 6.77. The maximum Gasteiger partial charge on any atom is 0.339 e. The number of hydrogen-bond donors (Lipinski definition) is 1. The smallest absolute Gasteiger partial charge is 0.339 e. The van der Waals surface area contributed by atoms with E-state index in [0.29, 0.717) is 16.0 Å². The molecular weight excluding hydrogens is 495 g/mol. The van der Waals surface area contributed by atoms with E-state index >= 15 is 0 Å². The van der Waals surface area contributed by atoms with Crippen LogP contribution in [0.4, 0.5) is 0 Å². The van der Waals surface area contributed by atoms with Gasteiger partial charge in [-0.1, -0.05) is 71.2 Å². The van der Waals surface area contributed by atoms with Crippen LogP contribution in [-0.2, 0) is 10.1 Å². The van der Waals surface area contributed by atoms with E-state index in [2.05, 4.69) is 10.5 Å². The van der Waals surface area contributed by atoms with Crippen molar-refractivity contribution in [3.63, 3.8) is 0 Å². The molecule has 0 aromatic heterocycles. The Kier molecular flexibility index (Phi) is 6.88. The highest BCUT2D eigenvalue weighted by Crippen LogP contribution is 2.29. The van der Waals surface area contributed by atoms with Crippen LogP contribution in [0.3, 0.4) is 0 Å². The summed E-state index contributed by atoms with van der Waals surface area (Å²) in [6, 6.07) is 21.5. The molecule has 4 aromatic carbocycles. The van der Waals surface area contributed by atoms with Gasteiger partial charge in [0, 0.05) is 10.6 Å². The Labute approximate surface area is 206 Å². The highest BCUT2D eigenvalue weighted by molar-refractivity contribution is 7.87. The molecule has 0 saturated heterocycles. The van der Waals surface area contributed by atoms with E-state index in [-0.39, 0.29) is 21.2 Å². The van der Waals surface area contributed by atoms with E-state index in [0.717, 1.165) is 10.9 Å². The summed E-state index contributed by atoms with van der Waals surface area (Å²) in [5, 5.41) is 6.13. The van der Waals surface area contributed by atoms with Gasteiger partial charge in [0.25, 0.3) is 5.91 Å². The molecule has 9 heteroatoms. The highest BCUT2D eigenvalue weighted by Gasteiger charge is 2.19. The second-order valence-electron chi connectivity index (χ2n) is 7.37. The van der Waals surface area contributed by atoms with Gasteiger partial charge < -0.3 is 4.18 Å². The summed E-state index contributed by atoms with van der Waals surface area (Å²) in [5.41, 5.74) is 3.90. The van der Waals surface area contributed by atoms with Crippen LogP contribution in [0.5, 0.6) is 5.75 Å². The summed E-state index contributed by atoms with van der Waals surface area (Å²) in [6.45, 7) is 1.86. The van der Waals surface area contributed by atoms with E-state index in [1.54, 1.807) is 36.4 Å². The number of carbonyl (C=O) groups excluding carboxylic acids is 1. The fourth-order valence-corrected chi connectivity index (χ4v) is 4.68. The molecule has 0 fully saturated rings. The van der Waals surface area contributed by atoms with Gasteiger partial charge >= 0.3 is 10.1 Å². The van der Waals surface area contributed by atoms with E-state index < -0.39 is 16.0 Å². The molecule has 0 aliphatic heterocycles. The second-order valence-corrected chi connectivity index (χ2v) is 9.76. The number of hydrazone groups is 1. The molecule has 0 atom stereocenters. The maximum absolute atomic E-state index is 12.9. The Bertz CT molecular complexity index is 1520. The predicted molar refractivity (Wildman–Crippen MR) is 134 cm³/mol. The van der Waals surface area contributed by atoms with Crippen molar-refractivity contribution >= 4 is 56.2 Å². The Morgan fingerprint density at radius 1 is 0.971 bits per heavy atom. The van der Waals surface area contributed by atoms with E-state index in [9.17, 15) is 13.2 Å². The van der Waals surface area contributed by atoms with Gasteiger partial charge in [0.1, 0.15) is 4.90 Å². The fourth-order valence-electron chi connectivity index (χ4n) is 3.24. The lowest BCUT2D eigenvalue weighted by Crippen LogP contribution is -2.18. The van der Waals surface area contributed by atoms with Gasteiger partial charge in [-0.2, -0.15) is 13.5 Å². The first-order valence-electron chi connectivity index (χ1n) is 10.1. The SMILES string of the molecule is Cc1ccc(S(=O)(=O)Oc2ccc3ccccc3c2/C=N\NC(=O)c2ccc(Cl)cc2Cl)cc1. The number of amides is 1. The minimum absolute atomic E-state index is 0.0276. The van der Waals surface area contributed by atoms with Gasteiger partial charge in [-0.3, -0.25) is 4.79 Å². The molecule has 6 nitrogen and oxygen atoms in total. The minimum atomic E-state index is -4.09. The molecule has 172 valence electrons. The van der Waals surface area contributed by atoms with E-state index in [1.807, 2.05) is 25.1 Å². The molecule has 1 amide bonds. The predicted octanol–water partition coefficient (Wildman–Crippen LogP) is 5.99. The number of nitrogens with one attached hydrogen (secondary N) is 1. The average molecular weight is 513 g/mol. The monoisotopic (exact) mass is 512 g/mol. The van der Waals surface area contributed by atoms with Crippen molar-refractivity contribution in [1.82, 2.24) is 5.43 Å². The molecule has 4 aromatic rings. The Morgan fingerprint density at radius 3 is 2.44 bits per heavy atom. The van der Waals surface area contributed by atoms with Gasteiger partial charge in [-0.05, 0) is 54.1 Å². The van der Waals surface area contributed by atoms with Crippen LogP contribution >= 0.6 is 23.2 Å². The van der Waals surface area contributed by atoms with Crippen molar-refractivity contribution in [2.24, 2.45) is 5.10 Å². The van der Waals surface area contributed by atoms with Crippen LogP contribution in [0, 0.1) is 6.92 Å². The number of benzene rings is 4. The molecular formula is C25H18Cl2N2O4S. The molecule has 0 radical (unpaired) electrons. The number of rotatable bonds is 6. The zero-order chi connectivity index (χ0) is 24.3. The molecule has 0 aliphatic rings.